The summed E-state index contributed by atoms with van der Waals surface area (Å²) in [6.45, 7) is 6.86. The SMILES string of the molecule is C1CCC(CCCN2CCCC(N3CCCC3)C2)C1. The topological polar surface area (TPSA) is 6.48 Å². The summed E-state index contributed by atoms with van der Waals surface area (Å²) in [6.07, 6.45) is 14.8. The van der Waals surface area contributed by atoms with Gasteiger partial charge in [-0.05, 0) is 70.6 Å². The lowest BCUT2D eigenvalue weighted by Gasteiger charge is -2.37. The molecular formula is C17H32N2. The first-order chi connectivity index (χ1) is 9.42. The van der Waals surface area contributed by atoms with E-state index < -0.39 is 0 Å². The third kappa shape index (κ3) is 3.95. The Morgan fingerprint density at radius 3 is 2.37 bits per heavy atom. The van der Waals surface area contributed by atoms with Crippen molar-refractivity contribution in [3.8, 4) is 0 Å². The molecule has 2 heterocycles. The normalized spacial score (nSPS) is 31.3. The van der Waals surface area contributed by atoms with Gasteiger partial charge in [-0.1, -0.05) is 25.7 Å². The van der Waals surface area contributed by atoms with Crippen LogP contribution in [0.3, 0.4) is 0 Å². The third-order valence-electron chi connectivity index (χ3n) is 5.70. The highest BCUT2D eigenvalue weighted by atomic mass is 15.2. The first kappa shape index (κ1) is 13.9. The number of hydrogen-bond acceptors (Lipinski definition) is 2. The van der Waals surface area contributed by atoms with Gasteiger partial charge in [0.2, 0.25) is 0 Å². The van der Waals surface area contributed by atoms with Gasteiger partial charge in [-0.25, -0.2) is 0 Å². The fourth-order valence-electron chi connectivity index (χ4n) is 4.54. The highest BCUT2D eigenvalue weighted by Crippen LogP contribution is 2.29. The summed E-state index contributed by atoms with van der Waals surface area (Å²) in [5.74, 6) is 1.08. The molecule has 0 aromatic carbocycles. The van der Waals surface area contributed by atoms with Gasteiger partial charge in [0.05, 0.1) is 0 Å². The van der Waals surface area contributed by atoms with Crippen LogP contribution in [0.25, 0.3) is 0 Å². The van der Waals surface area contributed by atoms with Crippen molar-refractivity contribution in [2.75, 3.05) is 32.7 Å². The van der Waals surface area contributed by atoms with Crippen LogP contribution in [0.4, 0.5) is 0 Å². The number of likely N-dealkylation sites (tertiary alicyclic amines) is 2. The van der Waals surface area contributed by atoms with Crippen molar-refractivity contribution in [2.45, 2.75) is 70.3 Å². The number of nitrogens with zero attached hydrogens (tertiary/aromatic N) is 2. The zero-order valence-corrected chi connectivity index (χ0v) is 12.7. The number of piperidine rings is 1. The van der Waals surface area contributed by atoms with Crippen molar-refractivity contribution in [1.29, 1.82) is 0 Å². The van der Waals surface area contributed by atoms with E-state index in [2.05, 4.69) is 9.80 Å². The highest BCUT2D eigenvalue weighted by molar-refractivity contribution is 4.83. The van der Waals surface area contributed by atoms with Crippen LogP contribution in [0.2, 0.25) is 0 Å². The Balaban J connectivity index is 1.35. The van der Waals surface area contributed by atoms with Crippen LogP contribution in [0, 0.1) is 5.92 Å². The molecule has 19 heavy (non-hydrogen) atoms. The summed E-state index contributed by atoms with van der Waals surface area (Å²) in [7, 11) is 0. The zero-order valence-electron chi connectivity index (χ0n) is 12.7. The van der Waals surface area contributed by atoms with Crippen molar-refractivity contribution >= 4 is 0 Å². The fourth-order valence-corrected chi connectivity index (χ4v) is 4.54. The quantitative estimate of drug-likeness (QED) is 0.749. The standard InChI is InChI=1S/C17H32N2/c1-2-8-16(7-1)9-5-11-18-12-6-10-17(15-18)19-13-3-4-14-19/h16-17H,1-15H2. The monoisotopic (exact) mass is 264 g/mol. The molecule has 0 N–H and O–H groups in total. The van der Waals surface area contributed by atoms with E-state index in [1.165, 1.54) is 96.9 Å². The highest BCUT2D eigenvalue weighted by Gasteiger charge is 2.26. The van der Waals surface area contributed by atoms with Crippen LogP contribution >= 0.6 is 0 Å². The summed E-state index contributed by atoms with van der Waals surface area (Å²) in [5.41, 5.74) is 0. The molecule has 2 nitrogen and oxygen atoms in total. The van der Waals surface area contributed by atoms with E-state index >= 15 is 0 Å². The van der Waals surface area contributed by atoms with Crippen molar-refractivity contribution in [3.05, 3.63) is 0 Å². The largest absolute Gasteiger partial charge is 0.302 e. The van der Waals surface area contributed by atoms with Crippen LogP contribution in [-0.4, -0.2) is 48.6 Å². The number of hydrogen-bond donors (Lipinski definition) is 0. The third-order valence-corrected chi connectivity index (χ3v) is 5.70. The molecule has 2 saturated heterocycles. The molecule has 3 fully saturated rings. The van der Waals surface area contributed by atoms with Crippen LogP contribution in [0.5, 0.6) is 0 Å². The molecule has 0 aromatic heterocycles. The first-order valence-electron chi connectivity index (χ1n) is 8.88. The van der Waals surface area contributed by atoms with E-state index in [1.54, 1.807) is 0 Å². The van der Waals surface area contributed by atoms with E-state index in [1.807, 2.05) is 0 Å². The zero-order chi connectivity index (χ0) is 12.9. The molecule has 2 aliphatic heterocycles. The van der Waals surface area contributed by atoms with Gasteiger partial charge in [-0.3, -0.25) is 4.90 Å². The van der Waals surface area contributed by atoms with Crippen molar-refractivity contribution in [2.24, 2.45) is 5.92 Å². The summed E-state index contributed by atoms with van der Waals surface area (Å²) in [4.78, 5) is 5.53. The lowest BCUT2D eigenvalue weighted by Crippen LogP contribution is -2.47. The molecule has 2 heteroatoms. The second-order valence-corrected chi connectivity index (χ2v) is 7.13. The Hall–Kier alpha value is -0.0800. The predicted molar refractivity (Wildman–Crippen MR) is 81.5 cm³/mol. The molecule has 0 amide bonds. The van der Waals surface area contributed by atoms with Gasteiger partial charge in [0, 0.05) is 12.6 Å². The molecule has 1 unspecified atom stereocenters. The van der Waals surface area contributed by atoms with Gasteiger partial charge in [-0.2, -0.15) is 0 Å². The Kier molecular flexibility index (Phi) is 5.17. The minimum absolute atomic E-state index is 0.891. The maximum atomic E-state index is 2.77. The maximum absolute atomic E-state index is 2.77. The smallest absolute Gasteiger partial charge is 0.0223 e. The van der Waals surface area contributed by atoms with Crippen LogP contribution in [-0.2, 0) is 0 Å². The van der Waals surface area contributed by atoms with Gasteiger partial charge in [0.1, 0.15) is 0 Å². The van der Waals surface area contributed by atoms with Crippen LogP contribution in [0.1, 0.15) is 64.2 Å². The summed E-state index contributed by atoms with van der Waals surface area (Å²) < 4.78 is 0. The fraction of sp³-hybridized carbons (Fsp3) is 1.00. The maximum Gasteiger partial charge on any atom is 0.0223 e. The molecule has 0 spiro atoms. The first-order valence-corrected chi connectivity index (χ1v) is 8.88. The van der Waals surface area contributed by atoms with Crippen molar-refractivity contribution < 1.29 is 0 Å². The Bertz CT molecular complexity index is 254. The molecule has 0 aromatic rings. The average molecular weight is 264 g/mol. The van der Waals surface area contributed by atoms with E-state index in [4.69, 9.17) is 0 Å². The van der Waals surface area contributed by atoms with Crippen LogP contribution < -0.4 is 0 Å². The second-order valence-electron chi connectivity index (χ2n) is 7.13. The van der Waals surface area contributed by atoms with E-state index in [0.717, 1.165) is 12.0 Å². The molecule has 110 valence electrons. The second kappa shape index (κ2) is 7.08. The van der Waals surface area contributed by atoms with E-state index in [9.17, 15) is 0 Å². The lowest BCUT2D eigenvalue weighted by atomic mass is 10.0. The van der Waals surface area contributed by atoms with Gasteiger partial charge in [0.15, 0.2) is 0 Å². The molecule has 3 aliphatic rings. The van der Waals surface area contributed by atoms with Crippen LogP contribution in [0.15, 0.2) is 0 Å². The average Bonchev–Trinajstić information content (AvgIpc) is 3.12. The Morgan fingerprint density at radius 1 is 0.789 bits per heavy atom. The van der Waals surface area contributed by atoms with E-state index in [0.29, 0.717) is 0 Å². The van der Waals surface area contributed by atoms with Gasteiger partial charge in [-0.15, -0.1) is 0 Å². The summed E-state index contributed by atoms with van der Waals surface area (Å²) in [6, 6.07) is 0.891. The molecule has 1 aliphatic carbocycles. The Labute approximate surface area is 119 Å². The van der Waals surface area contributed by atoms with Crippen molar-refractivity contribution in [3.63, 3.8) is 0 Å². The minimum atomic E-state index is 0.891. The predicted octanol–water partition coefficient (Wildman–Crippen LogP) is 3.52. The Morgan fingerprint density at radius 2 is 1.58 bits per heavy atom. The summed E-state index contributed by atoms with van der Waals surface area (Å²) >= 11 is 0. The summed E-state index contributed by atoms with van der Waals surface area (Å²) in [5, 5.41) is 0. The van der Waals surface area contributed by atoms with Gasteiger partial charge >= 0.3 is 0 Å². The molecule has 0 bridgehead atoms. The van der Waals surface area contributed by atoms with Crippen molar-refractivity contribution in [1.82, 2.24) is 9.80 Å². The number of rotatable bonds is 5. The molecule has 1 atom stereocenters. The molecule has 3 rings (SSSR count). The molecular weight excluding hydrogens is 232 g/mol. The van der Waals surface area contributed by atoms with E-state index in [-0.39, 0.29) is 0 Å². The molecule has 0 radical (unpaired) electrons. The lowest BCUT2D eigenvalue weighted by molar-refractivity contribution is 0.113. The van der Waals surface area contributed by atoms with Gasteiger partial charge in [0.25, 0.3) is 0 Å². The molecule has 1 saturated carbocycles. The van der Waals surface area contributed by atoms with Gasteiger partial charge < -0.3 is 4.90 Å². The minimum Gasteiger partial charge on any atom is -0.302 e.